The molecule has 0 atom stereocenters. The van der Waals surface area contributed by atoms with Crippen molar-refractivity contribution < 1.29 is 18.7 Å². The highest BCUT2D eigenvalue weighted by atomic mass is 32.2. The van der Waals surface area contributed by atoms with Gasteiger partial charge >= 0.3 is 5.97 Å². The van der Waals surface area contributed by atoms with Gasteiger partial charge in [0.1, 0.15) is 11.6 Å². The maximum absolute atomic E-state index is 12.9. The lowest BCUT2D eigenvalue weighted by Gasteiger charge is -2.04. The Bertz CT molecular complexity index is 523. The predicted molar refractivity (Wildman–Crippen MR) is 61.6 cm³/mol. The molecule has 2 rings (SSSR count). The van der Waals surface area contributed by atoms with E-state index in [1.54, 1.807) is 18.4 Å². The molecule has 1 aromatic heterocycles. The van der Waals surface area contributed by atoms with Crippen LogP contribution in [0.15, 0.2) is 45.9 Å². The summed E-state index contributed by atoms with van der Waals surface area (Å²) in [5.41, 5.74) is -0.0263. The minimum atomic E-state index is -1.13. The smallest absolute Gasteiger partial charge is 0.336 e. The number of thioether (sulfide) groups is 1. The van der Waals surface area contributed by atoms with Gasteiger partial charge < -0.3 is 9.52 Å². The topological polar surface area (TPSA) is 50.4 Å². The van der Waals surface area contributed by atoms with Crippen molar-refractivity contribution in [2.24, 2.45) is 0 Å². The van der Waals surface area contributed by atoms with E-state index in [9.17, 15) is 9.18 Å². The van der Waals surface area contributed by atoms with Crippen molar-refractivity contribution in [2.75, 3.05) is 0 Å². The van der Waals surface area contributed by atoms with E-state index in [-0.39, 0.29) is 5.56 Å². The molecular weight excluding hydrogens is 243 g/mol. The van der Waals surface area contributed by atoms with E-state index in [0.29, 0.717) is 10.6 Å². The Labute approximate surface area is 101 Å². The Morgan fingerprint density at radius 1 is 1.41 bits per heavy atom. The van der Waals surface area contributed by atoms with Gasteiger partial charge in [-0.15, -0.1) is 11.8 Å². The zero-order valence-corrected chi connectivity index (χ0v) is 9.54. The van der Waals surface area contributed by atoms with Crippen molar-refractivity contribution in [3.8, 4) is 0 Å². The number of carboxylic acids is 1. The van der Waals surface area contributed by atoms with Crippen LogP contribution in [0.2, 0.25) is 0 Å². The van der Waals surface area contributed by atoms with Gasteiger partial charge in [-0.3, -0.25) is 0 Å². The van der Waals surface area contributed by atoms with Crippen LogP contribution in [-0.2, 0) is 5.75 Å². The van der Waals surface area contributed by atoms with Gasteiger partial charge in [-0.2, -0.15) is 0 Å². The van der Waals surface area contributed by atoms with Crippen LogP contribution in [-0.4, -0.2) is 11.1 Å². The number of hydrogen-bond donors (Lipinski definition) is 1. The van der Waals surface area contributed by atoms with Crippen LogP contribution in [0.25, 0.3) is 0 Å². The van der Waals surface area contributed by atoms with Gasteiger partial charge in [-0.05, 0) is 30.3 Å². The van der Waals surface area contributed by atoms with E-state index in [2.05, 4.69) is 0 Å². The van der Waals surface area contributed by atoms with Gasteiger partial charge in [-0.25, -0.2) is 9.18 Å². The Morgan fingerprint density at radius 2 is 2.24 bits per heavy atom. The average molecular weight is 252 g/mol. The Morgan fingerprint density at radius 3 is 2.88 bits per heavy atom. The highest BCUT2D eigenvalue weighted by molar-refractivity contribution is 7.98. The van der Waals surface area contributed by atoms with Gasteiger partial charge in [0, 0.05) is 4.90 Å². The summed E-state index contributed by atoms with van der Waals surface area (Å²) in [7, 11) is 0. The molecule has 0 spiro atoms. The van der Waals surface area contributed by atoms with E-state index in [0.717, 1.165) is 11.8 Å². The lowest BCUT2D eigenvalue weighted by Crippen LogP contribution is -1.99. The number of aromatic carboxylic acids is 1. The zero-order chi connectivity index (χ0) is 12.3. The molecule has 17 heavy (non-hydrogen) atoms. The summed E-state index contributed by atoms with van der Waals surface area (Å²) in [4.78, 5) is 11.5. The molecule has 0 unspecified atom stereocenters. The van der Waals surface area contributed by atoms with Crippen LogP contribution in [0.3, 0.4) is 0 Å². The molecular formula is C12H9FO3S. The van der Waals surface area contributed by atoms with Crippen molar-refractivity contribution in [2.45, 2.75) is 10.6 Å². The first-order valence-corrected chi connectivity index (χ1v) is 5.83. The number of carboxylic acid groups (broad SMARTS) is 1. The standard InChI is InChI=1S/C12H9FO3S/c13-8-3-4-11(10(6-8)12(14)15)17-7-9-2-1-5-16-9/h1-6H,7H2,(H,14,15). The van der Waals surface area contributed by atoms with Crippen molar-refractivity contribution >= 4 is 17.7 Å². The summed E-state index contributed by atoms with van der Waals surface area (Å²) < 4.78 is 18.1. The quantitative estimate of drug-likeness (QED) is 0.847. The molecule has 0 amide bonds. The Kier molecular flexibility index (Phi) is 3.49. The SMILES string of the molecule is O=C(O)c1cc(F)ccc1SCc1ccco1. The zero-order valence-electron chi connectivity index (χ0n) is 8.72. The molecule has 0 fully saturated rings. The minimum absolute atomic E-state index is 0.0263. The Hall–Kier alpha value is -1.75. The van der Waals surface area contributed by atoms with Crippen LogP contribution in [0.1, 0.15) is 16.1 Å². The van der Waals surface area contributed by atoms with Crippen LogP contribution in [0.5, 0.6) is 0 Å². The molecule has 3 nitrogen and oxygen atoms in total. The number of carbonyl (C=O) groups is 1. The average Bonchev–Trinajstić information content (AvgIpc) is 2.80. The molecule has 0 saturated heterocycles. The van der Waals surface area contributed by atoms with Crippen LogP contribution < -0.4 is 0 Å². The van der Waals surface area contributed by atoms with Crippen molar-refractivity contribution in [3.63, 3.8) is 0 Å². The van der Waals surface area contributed by atoms with Crippen molar-refractivity contribution in [1.29, 1.82) is 0 Å². The largest absolute Gasteiger partial charge is 0.478 e. The van der Waals surface area contributed by atoms with Crippen LogP contribution in [0.4, 0.5) is 4.39 Å². The summed E-state index contributed by atoms with van der Waals surface area (Å²) in [5.74, 6) is -0.425. The monoisotopic (exact) mass is 252 g/mol. The van der Waals surface area contributed by atoms with Crippen LogP contribution in [0, 0.1) is 5.82 Å². The third-order valence-corrected chi connectivity index (χ3v) is 3.22. The summed E-state index contributed by atoms with van der Waals surface area (Å²) in [6.07, 6.45) is 1.55. The van der Waals surface area contributed by atoms with Crippen molar-refractivity contribution in [3.05, 3.63) is 53.7 Å². The van der Waals surface area contributed by atoms with E-state index in [1.807, 2.05) is 0 Å². The molecule has 1 N–H and O–H groups in total. The molecule has 0 aliphatic carbocycles. The first kappa shape index (κ1) is 11.7. The molecule has 0 aliphatic rings. The van der Waals surface area contributed by atoms with E-state index >= 15 is 0 Å². The van der Waals surface area contributed by atoms with E-state index < -0.39 is 11.8 Å². The molecule has 5 heteroatoms. The molecule has 1 aromatic carbocycles. The summed E-state index contributed by atoms with van der Waals surface area (Å²) in [6, 6.07) is 7.30. The second-order valence-electron chi connectivity index (χ2n) is 3.31. The fraction of sp³-hybridized carbons (Fsp3) is 0.0833. The second-order valence-corrected chi connectivity index (χ2v) is 4.33. The number of halogens is 1. The predicted octanol–water partition coefficient (Wildman–Crippen LogP) is 3.41. The lowest BCUT2D eigenvalue weighted by atomic mass is 10.2. The number of benzene rings is 1. The third kappa shape index (κ3) is 2.88. The van der Waals surface area contributed by atoms with E-state index in [4.69, 9.17) is 9.52 Å². The number of furan rings is 1. The maximum atomic E-state index is 12.9. The van der Waals surface area contributed by atoms with Gasteiger partial charge in [0.05, 0.1) is 17.6 Å². The maximum Gasteiger partial charge on any atom is 0.336 e. The number of hydrogen-bond acceptors (Lipinski definition) is 3. The fourth-order valence-electron chi connectivity index (χ4n) is 1.34. The first-order chi connectivity index (χ1) is 8.16. The first-order valence-electron chi connectivity index (χ1n) is 4.85. The molecule has 0 saturated carbocycles. The van der Waals surface area contributed by atoms with Gasteiger partial charge in [-0.1, -0.05) is 0 Å². The fourth-order valence-corrected chi connectivity index (χ4v) is 2.27. The molecule has 0 bridgehead atoms. The summed E-state index contributed by atoms with van der Waals surface area (Å²) in [6.45, 7) is 0. The summed E-state index contributed by atoms with van der Waals surface area (Å²) in [5, 5.41) is 8.94. The number of rotatable bonds is 4. The molecule has 1 heterocycles. The second kappa shape index (κ2) is 5.05. The third-order valence-electron chi connectivity index (χ3n) is 2.12. The van der Waals surface area contributed by atoms with Gasteiger partial charge in [0.15, 0.2) is 0 Å². The molecule has 88 valence electrons. The minimum Gasteiger partial charge on any atom is -0.478 e. The Balaban J connectivity index is 2.17. The molecule has 0 aliphatic heterocycles. The highest BCUT2D eigenvalue weighted by Gasteiger charge is 2.12. The van der Waals surface area contributed by atoms with E-state index in [1.165, 1.54) is 23.9 Å². The van der Waals surface area contributed by atoms with Crippen LogP contribution >= 0.6 is 11.8 Å². The summed E-state index contributed by atoms with van der Waals surface area (Å²) >= 11 is 1.30. The van der Waals surface area contributed by atoms with Crippen molar-refractivity contribution in [1.82, 2.24) is 0 Å². The lowest BCUT2D eigenvalue weighted by molar-refractivity contribution is 0.0692. The molecule has 0 radical (unpaired) electrons. The highest BCUT2D eigenvalue weighted by Crippen LogP contribution is 2.27. The molecule has 2 aromatic rings. The van der Waals surface area contributed by atoms with Gasteiger partial charge in [0.2, 0.25) is 0 Å². The van der Waals surface area contributed by atoms with Gasteiger partial charge in [0.25, 0.3) is 0 Å². The normalized spacial score (nSPS) is 10.4.